The summed E-state index contributed by atoms with van der Waals surface area (Å²) in [6.07, 6.45) is 1.40. The molecule has 160 valence electrons. The first-order valence-corrected chi connectivity index (χ1v) is 9.52. The van der Waals surface area contributed by atoms with E-state index < -0.39 is 10.8 Å². The number of hydrogen-bond donors (Lipinski definition) is 1. The highest BCUT2D eigenvalue weighted by molar-refractivity contribution is 6.09. The average Bonchev–Trinajstić information content (AvgIpc) is 2.82. The number of hydrogen-bond acceptors (Lipinski definition) is 6. The maximum absolute atomic E-state index is 12.5. The van der Waals surface area contributed by atoms with Gasteiger partial charge in [0.2, 0.25) is 0 Å². The van der Waals surface area contributed by atoms with Gasteiger partial charge in [0.25, 0.3) is 11.6 Å². The summed E-state index contributed by atoms with van der Waals surface area (Å²) in [5.74, 6) is 0.287. The van der Waals surface area contributed by atoms with Crippen molar-refractivity contribution >= 4 is 23.4 Å². The molecular weight excluding hydrogens is 410 g/mol. The molecule has 3 aromatic rings. The molecule has 32 heavy (non-hydrogen) atoms. The van der Waals surface area contributed by atoms with Crippen LogP contribution < -0.4 is 14.8 Å². The fourth-order valence-corrected chi connectivity index (χ4v) is 2.84. The number of rotatable bonds is 8. The first-order valence-electron chi connectivity index (χ1n) is 9.52. The molecule has 1 N–H and O–H groups in total. The van der Waals surface area contributed by atoms with E-state index >= 15 is 0 Å². The Bertz CT molecular complexity index is 1200. The zero-order valence-electron chi connectivity index (χ0n) is 17.1. The van der Waals surface area contributed by atoms with Crippen LogP contribution in [-0.2, 0) is 11.4 Å². The Morgan fingerprint density at radius 2 is 1.88 bits per heavy atom. The summed E-state index contributed by atoms with van der Waals surface area (Å²) in [4.78, 5) is 22.8. The second kappa shape index (κ2) is 10.4. The second-order valence-electron chi connectivity index (χ2n) is 6.62. The van der Waals surface area contributed by atoms with E-state index in [-0.39, 0.29) is 16.9 Å². The molecule has 8 nitrogen and oxygen atoms in total. The summed E-state index contributed by atoms with van der Waals surface area (Å²) in [5, 5.41) is 22.8. The number of nitrogens with zero attached hydrogens (tertiary/aromatic N) is 2. The number of methoxy groups -OCH3 is 1. The molecule has 0 radical (unpaired) electrons. The van der Waals surface area contributed by atoms with Gasteiger partial charge in [-0.25, -0.2) is 0 Å². The lowest BCUT2D eigenvalue weighted by Crippen LogP contribution is -2.13. The lowest BCUT2D eigenvalue weighted by Gasteiger charge is -2.11. The Labute approximate surface area is 184 Å². The molecule has 8 heteroatoms. The van der Waals surface area contributed by atoms with E-state index in [1.165, 1.54) is 37.5 Å². The topological polar surface area (TPSA) is 114 Å². The largest absolute Gasteiger partial charge is 0.493 e. The molecule has 0 saturated carbocycles. The van der Waals surface area contributed by atoms with Gasteiger partial charge in [0, 0.05) is 17.8 Å². The van der Waals surface area contributed by atoms with Crippen LogP contribution in [0.4, 0.5) is 11.4 Å². The van der Waals surface area contributed by atoms with E-state index in [9.17, 15) is 20.2 Å². The molecule has 0 heterocycles. The summed E-state index contributed by atoms with van der Waals surface area (Å²) in [5.41, 5.74) is 1.44. The summed E-state index contributed by atoms with van der Waals surface area (Å²) < 4.78 is 11.2. The number of carbonyl (C=O) groups is 1. The summed E-state index contributed by atoms with van der Waals surface area (Å²) >= 11 is 0. The van der Waals surface area contributed by atoms with Gasteiger partial charge in [0.1, 0.15) is 18.2 Å². The Kier molecular flexibility index (Phi) is 7.17. The molecule has 0 aliphatic carbocycles. The third-order valence-corrected chi connectivity index (χ3v) is 4.42. The van der Waals surface area contributed by atoms with Gasteiger partial charge >= 0.3 is 0 Å². The number of non-ortho nitro benzene ring substituents is 1. The van der Waals surface area contributed by atoms with Crippen molar-refractivity contribution < 1.29 is 19.2 Å². The Balaban J connectivity index is 1.76. The molecule has 3 rings (SSSR count). The molecule has 0 bridgehead atoms. The minimum Gasteiger partial charge on any atom is -0.493 e. The smallest absolute Gasteiger partial charge is 0.271 e. The lowest BCUT2D eigenvalue weighted by atomic mass is 10.1. The molecule has 0 saturated heterocycles. The third-order valence-electron chi connectivity index (χ3n) is 4.42. The average molecular weight is 429 g/mol. The highest BCUT2D eigenvalue weighted by atomic mass is 16.6. The molecule has 3 aromatic carbocycles. The summed E-state index contributed by atoms with van der Waals surface area (Å²) in [7, 11) is 1.50. The molecule has 0 aliphatic rings. The summed E-state index contributed by atoms with van der Waals surface area (Å²) in [6, 6.07) is 22.0. The predicted molar refractivity (Wildman–Crippen MR) is 119 cm³/mol. The number of nitro groups is 1. The van der Waals surface area contributed by atoms with Crippen LogP contribution in [0.25, 0.3) is 6.08 Å². The van der Waals surface area contributed by atoms with Crippen LogP contribution in [0.2, 0.25) is 0 Å². The fourth-order valence-electron chi connectivity index (χ4n) is 2.84. The van der Waals surface area contributed by atoms with Crippen molar-refractivity contribution in [3.05, 3.63) is 99.6 Å². The van der Waals surface area contributed by atoms with Crippen molar-refractivity contribution in [3.8, 4) is 17.6 Å². The summed E-state index contributed by atoms with van der Waals surface area (Å²) in [6.45, 7) is 0.363. The molecule has 0 aromatic heterocycles. The molecule has 0 aliphatic heterocycles. The number of ether oxygens (including phenoxy) is 2. The number of amides is 1. The minimum absolute atomic E-state index is 0.166. The van der Waals surface area contributed by atoms with Crippen LogP contribution >= 0.6 is 0 Å². The number of nitro benzene ring substituents is 1. The standard InChI is InChI=1S/C24H19N3O5/c1-31-23-13-18(10-11-22(23)32-16-17-6-3-2-4-7-17)12-19(15-25)24(28)26-20-8-5-9-21(14-20)27(29)30/h2-14H,16H2,1H3,(H,26,28)/b19-12-. The second-order valence-corrected chi connectivity index (χ2v) is 6.62. The molecule has 0 atom stereocenters. The lowest BCUT2D eigenvalue weighted by molar-refractivity contribution is -0.384. The van der Waals surface area contributed by atoms with Crippen molar-refractivity contribution in [3.63, 3.8) is 0 Å². The van der Waals surface area contributed by atoms with Gasteiger partial charge in [0.05, 0.1) is 12.0 Å². The Morgan fingerprint density at radius 1 is 1.09 bits per heavy atom. The van der Waals surface area contributed by atoms with Gasteiger partial charge < -0.3 is 14.8 Å². The van der Waals surface area contributed by atoms with Crippen molar-refractivity contribution in [2.45, 2.75) is 6.61 Å². The molecule has 0 fully saturated rings. The highest BCUT2D eigenvalue weighted by Crippen LogP contribution is 2.30. The van der Waals surface area contributed by atoms with Crippen molar-refractivity contribution in [1.82, 2.24) is 0 Å². The van der Waals surface area contributed by atoms with Crippen LogP contribution in [0.15, 0.2) is 78.4 Å². The Hall–Kier alpha value is -4.64. The number of nitriles is 1. The van der Waals surface area contributed by atoms with Crippen LogP contribution in [0.3, 0.4) is 0 Å². The number of nitrogens with one attached hydrogen (secondary N) is 1. The van der Waals surface area contributed by atoms with E-state index in [1.54, 1.807) is 18.2 Å². The van der Waals surface area contributed by atoms with Gasteiger partial charge in [-0.3, -0.25) is 14.9 Å². The van der Waals surface area contributed by atoms with Crippen molar-refractivity contribution in [2.75, 3.05) is 12.4 Å². The maximum Gasteiger partial charge on any atom is 0.271 e. The normalized spacial score (nSPS) is 10.7. The van der Waals surface area contributed by atoms with Gasteiger partial charge in [0.15, 0.2) is 11.5 Å². The Morgan fingerprint density at radius 3 is 2.56 bits per heavy atom. The zero-order valence-corrected chi connectivity index (χ0v) is 17.1. The molecule has 0 unspecified atom stereocenters. The molecule has 0 spiro atoms. The van der Waals surface area contributed by atoms with E-state index in [1.807, 2.05) is 36.4 Å². The quantitative estimate of drug-likeness (QED) is 0.240. The fraction of sp³-hybridized carbons (Fsp3) is 0.0833. The van der Waals surface area contributed by atoms with Crippen molar-refractivity contribution in [1.29, 1.82) is 5.26 Å². The van der Waals surface area contributed by atoms with Crippen molar-refractivity contribution in [2.24, 2.45) is 0 Å². The number of benzene rings is 3. The van der Waals surface area contributed by atoms with Crippen LogP contribution in [0.5, 0.6) is 11.5 Å². The molecule has 1 amide bonds. The third kappa shape index (κ3) is 5.70. The van der Waals surface area contributed by atoms with Gasteiger partial charge in [-0.15, -0.1) is 0 Å². The van der Waals surface area contributed by atoms with Gasteiger partial charge in [-0.05, 0) is 35.4 Å². The van der Waals surface area contributed by atoms with Gasteiger partial charge in [-0.1, -0.05) is 42.5 Å². The van der Waals surface area contributed by atoms with Crippen LogP contribution in [0, 0.1) is 21.4 Å². The predicted octanol–water partition coefficient (Wildman–Crippen LogP) is 4.73. The van der Waals surface area contributed by atoms with Gasteiger partial charge in [-0.2, -0.15) is 5.26 Å². The monoisotopic (exact) mass is 429 g/mol. The van der Waals surface area contributed by atoms with Crippen LogP contribution in [0.1, 0.15) is 11.1 Å². The van der Waals surface area contributed by atoms with Crippen LogP contribution in [-0.4, -0.2) is 17.9 Å². The number of anilines is 1. The van der Waals surface area contributed by atoms with E-state index in [4.69, 9.17) is 9.47 Å². The first-order chi connectivity index (χ1) is 15.5. The SMILES string of the molecule is COc1cc(/C=C(/C#N)C(=O)Nc2cccc([N+](=O)[O-])c2)ccc1OCc1ccccc1. The first kappa shape index (κ1) is 22.1. The van der Waals surface area contributed by atoms with E-state index in [2.05, 4.69) is 5.32 Å². The van der Waals surface area contributed by atoms with E-state index in [0.29, 0.717) is 23.7 Å². The minimum atomic E-state index is -0.684. The van der Waals surface area contributed by atoms with E-state index in [0.717, 1.165) is 5.56 Å². The maximum atomic E-state index is 12.5. The number of carbonyl (C=O) groups excluding carboxylic acids is 1. The molecular formula is C24H19N3O5. The zero-order chi connectivity index (χ0) is 22.9. The highest BCUT2D eigenvalue weighted by Gasteiger charge is 2.13.